The highest BCUT2D eigenvalue weighted by molar-refractivity contribution is 8.76. The van der Waals surface area contributed by atoms with Crippen molar-refractivity contribution in [1.29, 1.82) is 0 Å². The fourth-order valence-electron chi connectivity index (χ4n) is 1.35. The minimum Gasteiger partial charge on any atom is -0.355 e. The average Bonchev–Trinajstić information content (AvgIpc) is 2.39. The van der Waals surface area contributed by atoms with Crippen molar-refractivity contribution in [2.75, 3.05) is 18.1 Å². The second kappa shape index (κ2) is 14.1. The Labute approximate surface area is 126 Å². The van der Waals surface area contributed by atoms with Crippen molar-refractivity contribution in [3.05, 3.63) is 24.3 Å². The molecule has 0 fully saturated rings. The molecule has 0 saturated heterocycles. The lowest BCUT2D eigenvalue weighted by Crippen LogP contribution is -2.24. The number of allylic oxidation sites excluding steroid dienone is 3. The highest BCUT2D eigenvalue weighted by atomic mass is 33.1. The molecular weight excluding hydrogens is 274 g/mol. The van der Waals surface area contributed by atoms with Crippen LogP contribution < -0.4 is 5.32 Å². The summed E-state index contributed by atoms with van der Waals surface area (Å²) in [4.78, 5) is 11.0. The van der Waals surface area contributed by atoms with Crippen LogP contribution in [0.3, 0.4) is 0 Å². The minimum absolute atomic E-state index is 0.142. The number of carbonyl (C=O) groups excluding carboxylic acids is 1. The van der Waals surface area contributed by atoms with Crippen LogP contribution in [0.25, 0.3) is 0 Å². The second-order valence-corrected chi connectivity index (χ2v) is 7.16. The molecule has 19 heavy (non-hydrogen) atoms. The summed E-state index contributed by atoms with van der Waals surface area (Å²) in [6, 6.07) is 0. The van der Waals surface area contributed by atoms with Crippen molar-refractivity contribution in [2.24, 2.45) is 0 Å². The molecule has 0 bridgehead atoms. The van der Waals surface area contributed by atoms with Gasteiger partial charge in [0, 0.05) is 24.5 Å². The lowest BCUT2D eigenvalue weighted by Gasteiger charge is -2.02. The highest BCUT2D eigenvalue weighted by Crippen LogP contribution is 2.21. The largest absolute Gasteiger partial charge is 0.355 e. The van der Waals surface area contributed by atoms with Crippen LogP contribution in [0.2, 0.25) is 0 Å². The quantitative estimate of drug-likeness (QED) is 0.325. The lowest BCUT2D eigenvalue weighted by molar-refractivity contribution is -0.120. The molecule has 0 aliphatic carbocycles. The lowest BCUT2D eigenvalue weighted by atomic mass is 10.1. The first-order chi connectivity index (χ1) is 9.16. The van der Waals surface area contributed by atoms with Crippen molar-refractivity contribution in [2.45, 2.75) is 46.0 Å². The van der Waals surface area contributed by atoms with Crippen LogP contribution in [-0.4, -0.2) is 24.0 Å². The minimum atomic E-state index is 0.142. The van der Waals surface area contributed by atoms with Gasteiger partial charge in [-0.05, 0) is 32.6 Å². The van der Waals surface area contributed by atoms with Gasteiger partial charge in [0.05, 0.1) is 0 Å². The van der Waals surface area contributed by atoms with Crippen molar-refractivity contribution >= 4 is 27.5 Å². The normalized spacial score (nSPS) is 10.8. The number of nitrogens with one attached hydrogen (secondary N) is 1. The molecular formula is C15H27NOS2. The summed E-state index contributed by atoms with van der Waals surface area (Å²) in [6.45, 7) is 8.64. The van der Waals surface area contributed by atoms with E-state index in [9.17, 15) is 4.79 Å². The van der Waals surface area contributed by atoms with Gasteiger partial charge in [0.15, 0.2) is 0 Å². The predicted octanol–water partition coefficient (Wildman–Crippen LogP) is 4.59. The summed E-state index contributed by atoms with van der Waals surface area (Å²) in [6.07, 6.45) is 9.76. The Kier molecular flexibility index (Phi) is 13.8. The van der Waals surface area contributed by atoms with E-state index >= 15 is 0 Å². The molecule has 2 nitrogen and oxygen atoms in total. The van der Waals surface area contributed by atoms with Crippen LogP contribution in [0, 0.1) is 0 Å². The summed E-state index contributed by atoms with van der Waals surface area (Å²) in [5, 5.41) is 2.87. The van der Waals surface area contributed by atoms with Gasteiger partial charge in [0.2, 0.25) is 5.91 Å². The van der Waals surface area contributed by atoms with Gasteiger partial charge in [-0.1, -0.05) is 46.2 Å². The SMILES string of the molecule is C=C(C)CCC/C=C/CCSSCCNC(=O)CC. The topological polar surface area (TPSA) is 29.1 Å². The van der Waals surface area contributed by atoms with Crippen LogP contribution in [0.4, 0.5) is 0 Å². The van der Waals surface area contributed by atoms with E-state index in [4.69, 9.17) is 0 Å². The maximum Gasteiger partial charge on any atom is 0.219 e. The van der Waals surface area contributed by atoms with E-state index in [-0.39, 0.29) is 5.91 Å². The zero-order chi connectivity index (χ0) is 14.3. The third-order valence-corrected chi connectivity index (χ3v) is 4.86. The Bertz CT molecular complexity index is 277. The highest BCUT2D eigenvalue weighted by Gasteiger charge is 1.95. The van der Waals surface area contributed by atoms with Crippen molar-refractivity contribution in [1.82, 2.24) is 5.32 Å². The number of hydrogen-bond acceptors (Lipinski definition) is 3. The molecule has 110 valence electrons. The first kappa shape index (κ1) is 18.7. The molecule has 0 aliphatic rings. The molecule has 0 atom stereocenters. The van der Waals surface area contributed by atoms with Gasteiger partial charge in [0.25, 0.3) is 0 Å². The average molecular weight is 302 g/mol. The van der Waals surface area contributed by atoms with Crippen molar-refractivity contribution in [3.63, 3.8) is 0 Å². The first-order valence-corrected chi connectivity index (χ1v) is 9.46. The van der Waals surface area contributed by atoms with E-state index in [1.165, 1.54) is 12.0 Å². The van der Waals surface area contributed by atoms with Crippen molar-refractivity contribution < 1.29 is 4.79 Å². The Morgan fingerprint density at radius 2 is 1.89 bits per heavy atom. The van der Waals surface area contributed by atoms with E-state index < -0.39 is 0 Å². The monoisotopic (exact) mass is 301 g/mol. The maximum atomic E-state index is 11.0. The Morgan fingerprint density at radius 1 is 1.21 bits per heavy atom. The fourth-order valence-corrected chi connectivity index (χ4v) is 3.25. The summed E-state index contributed by atoms with van der Waals surface area (Å²) in [7, 11) is 3.72. The third kappa shape index (κ3) is 15.6. The number of rotatable bonds is 12. The molecule has 0 aromatic heterocycles. The Morgan fingerprint density at radius 3 is 2.58 bits per heavy atom. The van der Waals surface area contributed by atoms with Crippen LogP contribution in [0.5, 0.6) is 0 Å². The van der Waals surface area contributed by atoms with Gasteiger partial charge in [0.1, 0.15) is 0 Å². The third-order valence-electron chi connectivity index (χ3n) is 2.42. The van der Waals surface area contributed by atoms with Crippen LogP contribution in [0.1, 0.15) is 46.0 Å². The van der Waals surface area contributed by atoms with E-state index in [2.05, 4.69) is 31.0 Å². The molecule has 4 heteroatoms. The first-order valence-electron chi connectivity index (χ1n) is 6.97. The molecule has 0 aromatic rings. The molecule has 0 radical (unpaired) electrons. The van der Waals surface area contributed by atoms with Gasteiger partial charge >= 0.3 is 0 Å². The molecule has 0 spiro atoms. The standard InChI is InChI=1S/C15H27NOS2/c1-4-15(17)16-11-13-19-18-12-9-7-5-6-8-10-14(2)3/h5,7H,2,4,6,8-13H2,1,3H3,(H,16,17)/b7-5+. The fraction of sp³-hybridized carbons (Fsp3) is 0.667. The van der Waals surface area contributed by atoms with E-state index in [0.717, 1.165) is 37.3 Å². The summed E-state index contributed by atoms with van der Waals surface area (Å²) in [5.41, 5.74) is 1.27. The molecule has 0 rings (SSSR count). The van der Waals surface area contributed by atoms with Gasteiger partial charge in [-0.3, -0.25) is 4.79 Å². The molecule has 1 N–H and O–H groups in total. The molecule has 0 heterocycles. The molecule has 0 aliphatic heterocycles. The zero-order valence-electron chi connectivity index (χ0n) is 12.2. The summed E-state index contributed by atoms with van der Waals surface area (Å²) < 4.78 is 0. The molecule has 1 amide bonds. The molecule has 0 unspecified atom stereocenters. The number of amides is 1. The number of carbonyl (C=O) groups is 1. The molecule has 0 aromatic carbocycles. The summed E-state index contributed by atoms with van der Waals surface area (Å²) >= 11 is 0. The Hall–Kier alpha value is -0.350. The van der Waals surface area contributed by atoms with E-state index in [0.29, 0.717) is 6.42 Å². The smallest absolute Gasteiger partial charge is 0.219 e. The number of unbranched alkanes of at least 4 members (excludes halogenated alkanes) is 1. The van der Waals surface area contributed by atoms with E-state index in [1.807, 2.05) is 28.5 Å². The number of hydrogen-bond donors (Lipinski definition) is 1. The molecule has 0 saturated carbocycles. The summed E-state index contributed by atoms with van der Waals surface area (Å²) in [5.74, 6) is 2.27. The van der Waals surface area contributed by atoms with Crippen LogP contribution in [-0.2, 0) is 4.79 Å². The Balaban J connectivity index is 3.16. The predicted molar refractivity (Wildman–Crippen MR) is 90.6 cm³/mol. The second-order valence-electron chi connectivity index (χ2n) is 4.46. The van der Waals surface area contributed by atoms with Crippen LogP contribution >= 0.6 is 21.6 Å². The van der Waals surface area contributed by atoms with Gasteiger partial charge in [-0.25, -0.2) is 0 Å². The van der Waals surface area contributed by atoms with Gasteiger partial charge < -0.3 is 5.32 Å². The van der Waals surface area contributed by atoms with Gasteiger partial charge in [-0.15, -0.1) is 6.58 Å². The maximum absolute atomic E-state index is 11.0. The van der Waals surface area contributed by atoms with Crippen LogP contribution in [0.15, 0.2) is 24.3 Å². The van der Waals surface area contributed by atoms with Crippen molar-refractivity contribution in [3.8, 4) is 0 Å². The van der Waals surface area contributed by atoms with E-state index in [1.54, 1.807) is 0 Å². The van der Waals surface area contributed by atoms with Gasteiger partial charge in [-0.2, -0.15) is 0 Å². The zero-order valence-corrected chi connectivity index (χ0v) is 13.9.